The van der Waals surface area contributed by atoms with Gasteiger partial charge in [-0.3, -0.25) is 0 Å². The predicted octanol–water partition coefficient (Wildman–Crippen LogP) is 5.17. The number of rotatable bonds is 8. The van der Waals surface area contributed by atoms with Crippen molar-refractivity contribution in [2.45, 2.75) is 32.1 Å². The van der Waals surface area contributed by atoms with Gasteiger partial charge < -0.3 is 5.32 Å². The summed E-state index contributed by atoms with van der Waals surface area (Å²) in [7, 11) is 0. The molecule has 1 unspecified atom stereocenters. The molecule has 0 aromatic heterocycles. The SMILES string of the molecule is CCNCC(CCCc1ccccc1)c1ccc(Br)cc1. The Bertz CT molecular complexity index is 507. The van der Waals surface area contributed by atoms with Crippen molar-refractivity contribution in [2.24, 2.45) is 0 Å². The maximum Gasteiger partial charge on any atom is 0.0175 e. The summed E-state index contributed by atoms with van der Waals surface area (Å²) in [5.74, 6) is 0.599. The first kappa shape index (κ1) is 16.3. The Labute approximate surface area is 136 Å². The maximum absolute atomic E-state index is 3.51. The molecule has 2 rings (SSSR count). The lowest BCUT2D eigenvalue weighted by molar-refractivity contribution is 0.542. The van der Waals surface area contributed by atoms with Gasteiger partial charge in [-0.1, -0.05) is 65.3 Å². The topological polar surface area (TPSA) is 12.0 Å². The lowest BCUT2D eigenvalue weighted by atomic mass is 9.92. The fourth-order valence-corrected chi connectivity index (χ4v) is 2.90. The molecular formula is C19H24BrN. The molecule has 1 atom stereocenters. The Morgan fingerprint density at radius 1 is 1.00 bits per heavy atom. The zero-order chi connectivity index (χ0) is 14.9. The fourth-order valence-electron chi connectivity index (χ4n) is 2.64. The molecule has 0 fully saturated rings. The number of benzene rings is 2. The van der Waals surface area contributed by atoms with Gasteiger partial charge in [-0.05, 0) is 55.0 Å². The molecule has 0 heterocycles. The Morgan fingerprint density at radius 3 is 2.38 bits per heavy atom. The summed E-state index contributed by atoms with van der Waals surface area (Å²) in [6.45, 7) is 4.27. The maximum atomic E-state index is 3.51. The van der Waals surface area contributed by atoms with Crippen molar-refractivity contribution in [1.29, 1.82) is 0 Å². The van der Waals surface area contributed by atoms with Crippen LogP contribution in [0.3, 0.4) is 0 Å². The van der Waals surface area contributed by atoms with E-state index in [2.05, 4.69) is 82.8 Å². The molecule has 0 saturated carbocycles. The third-order valence-corrected chi connectivity index (χ3v) is 4.37. The summed E-state index contributed by atoms with van der Waals surface area (Å²) in [6, 6.07) is 19.6. The molecule has 1 nitrogen and oxygen atoms in total. The van der Waals surface area contributed by atoms with Crippen molar-refractivity contribution in [3.05, 3.63) is 70.2 Å². The standard InChI is InChI=1S/C19H24BrN/c1-2-21-15-18(17-11-13-19(20)14-12-17)10-6-9-16-7-4-3-5-8-16/h3-5,7-8,11-14,18,21H,2,6,9-10,15H2,1H3. The number of hydrogen-bond acceptors (Lipinski definition) is 1. The van der Waals surface area contributed by atoms with Gasteiger partial charge in [-0.25, -0.2) is 0 Å². The van der Waals surface area contributed by atoms with E-state index < -0.39 is 0 Å². The zero-order valence-corrected chi connectivity index (χ0v) is 14.3. The second-order valence-corrected chi connectivity index (χ2v) is 6.35. The third kappa shape index (κ3) is 5.64. The summed E-state index contributed by atoms with van der Waals surface area (Å²) < 4.78 is 1.15. The molecule has 0 spiro atoms. The molecular weight excluding hydrogens is 322 g/mol. The minimum absolute atomic E-state index is 0.599. The average Bonchev–Trinajstić information content (AvgIpc) is 2.53. The normalized spacial score (nSPS) is 12.3. The van der Waals surface area contributed by atoms with Crippen molar-refractivity contribution in [3.8, 4) is 0 Å². The van der Waals surface area contributed by atoms with E-state index in [-0.39, 0.29) is 0 Å². The summed E-state index contributed by atoms with van der Waals surface area (Å²) in [6.07, 6.45) is 3.62. The Morgan fingerprint density at radius 2 is 1.71 bits per heavy atom. The van der Waals surface area contributed by atoms with Crippen molar-refractivity contribution in [2.75, 3.05) is 13.1 Å². The quantitative estimate of drug-likeness (QED) is 0.696. The lowest BCUT2D eigenvalue weighted by Gasteiger charge is -2.18. The first-order valence-electron chi connectivity index (χ1n) is 7.79. The van der Waals surface area contributed by atoms with Gasteiger partial charge in [-0.15, -0.1) is 0 Å². The monoisotopic (exact) mass is 345 g/mol. The van der Waals surface area contributed by atoms with Gasteiger partial charge in [0, 0.05) is 11.0 Å². The van der Waals surface area contributed by atoms with Crippen LogP contribution in [0.4, 0.5) is 0 Å². The number of nitrogens with one attached hydrogen (secondary N) is 1. The van der Waals surface area contributed by atoms with Crippen molar-refractivity contribution in [3.63, 3.8) is 0 Å². The van der Waals surface area contributed by atoms with Crippen LogP contribution in [-0.4, -0.2) is 13.1 Å². The van der Waals surface area contributed by atoms with Gasteiger partial charge in [0.1, 0.15) is 0 Å². The van der Waals surface area contributed by atoms with E-state index in [1.165, 1.54) is 30.4 Å². The Balaban J connectivity index is 1.91. The summed E-state index contributed by atoms with van der Waals surface area (Å²) in [4.78, 5) is 0. The van der Waals surface area contributed by atoms with E-state index in [9.17, 15) is 0 Å². The van der Waals surface area contributed by atoms with E-state index in [1.807, 2.05) is 0 Å². The van der Waals surface area contributed by atoms with E-state index in [4.69, 9.17) is 0 Å². The number of halogens is 1. The molecule has 0 aliphatic heterocycles. The number of aryl methyl sites for hydroxylation is 1. The van der Waals surface area contributed by atoms with Gasteiger partial charge in [0.15, 0.2) is 0 Å². The van der Waals surface area contributed by atoms with Gasteiger partial charge in [0.25, 0.3) is 0 Å². The second-order valence-electron chi connectivity index (χ2n) is 5.43. The molecule has 2 aromatic rings. The molecule has 2 heteroatoms. The van der Waals surface area contributed by atoms with Gasteiger partial charge in [0.05, 0.1) is 0 Å². The molecule has 1 N–H and O–H groups in total. The average molecular weight is 346 g/mol. The van der Waals surface area contributed by atoms with Gasteiger partial charge >= 0.3 is 0 Å². The van der Waals surface area contributed by atoms with Crippen LogP contribution < -0.4 is 5.32 Å². The van der Waals surface area contributed by atoms with E-state index in [0.717, 1.165) is 17.6 Å². The third-order valence-electron chi connectivity index (χ3n) is 3.84. The van der Waals surface area contributed by atoms with Crippen molar-refractivity contribution >= 4 is 15.9 Å². The fraction of sp³-hybridized carbons (Fsp3) is 0.368. The van der Waals surface area contributed by atoms with Crippen molar-refractivity contribution < 1.29 is 0 Å². The van der Waals surface area contributed by atoms with Gasteiger partial charge in [0.2, 0.25) is 0 Å². The number of likely N-dealkylation sites (N-methyl/N-ethyl adjacent to an activating group) is 1. The molecule has 21 heavy (non-hydrogen) atoms. The summed E-state index contributed by atoms with van der Waals surface area (Å²) in [5.41, 5.74) is 2.88. The van der Waals surface area contributed by atoms with Crippen LogP contribution in [-0.2, 0) is 6.42 Å². The highest BCUT2D eigenvalue weighted by molar-refractivity contribution is 9.10. The van der Waals surface area contributed by atoms with Crippen LogP contribution in [0.2, 0.25) is 0 Å². The van der Waals surface area contributed by atoms with Crippen molar-refractivity contribution in [1.82, 2.24) is 5.32 Å². The molecule has 0 aliphatic rings. The van der Waals surface area contributed by atoms with Crippen LogP contribution >= 0.6 is 15.9 Å². The summed E-state index contributed by atoms with van der Waals surface area (Å²) >= 11 is 3.51. The largest absolute Gasteiger partial charge is 0.316 e. The minimum atomic E-state index is 0.599. The Hall–Kier alpha value is -1.12. The number of hydrogen-bond donors (Lipinski definition) is 1. The smallest absolute Gasteiger partial charge is 0.0175 e. The zero-order valence-electron chi connectivity index (χ0n) is 12.7. The molecule has 0 radical (unpaired) electrons. The highest BCUT2D eigenvalue weighted by atomic mass is 79.9. The molecule has 112 valence electrons. The van der Waals surface area contributed by atoms with Crippen LogP contribution in [0.25, 0.3) is 0 Å². The van der Waals surface area contributed by atoms with Crippen LogP contribution in [0.15, 0.2) is 59.1 Å². The molecule has 0 aliphatic carbocycles. The van der Waals surface area contributed by atoms with Crippen LogP contribution in [0.1, 0.15) is 36.8 Å². The van der Waals surface area contributed by atoms with E-state index >= 15 is 0 Å². The minimum Gasteiger partial charge on any atom is -0.316 e. The molecule has 0 amide bonds. The van der Waals surface area contributed by atoms with E-state index in [1.54, 1.807) is 0 Å². The Kier molecular flexibility index (Phi) is 6.98. The molecule has 0 saturated heterocycles. The summed E-state index contributed by atoms with van der Waals surface area (Å²) in [5, 5.41) is 3.50. The molecule has 2 aromatic carbocycles. The highest BCUT2D eigenvalue weighted by Crippen LogP contribution is 2.23. The van der Waals surface area contributed by atoms with Gasteiger partial charge in [-0.2, -0.15) is 0 Å². The highest BCUT2D eigenvalue weighted by Gasteiger charge is 2.11. The first-order chi connectivity index (χ1) is 10.3. The lowest BCUT2D eigenvalue weighted by Crippen LogP contribution is -2.21. The first-order valence-corrected chi connectivity index (χ1v) is 8.59. The van der Waals surface area contributed by atoms with Crippen LogP contribution in [0.5, 0.6) is 0 Å². The van der Waals surface area contributed by atoms with E-state index in [0.29, 0.717) is 5.92 Å². The second kappa shape index (κ2) is 9.01. The molecule has 0 bridgehead atoms. The predicted molar refractivity (Wildman–Crippen MR) is 94.8 cm³/mol. The van der Waals surface area contributed by atoms with Crippen LogP contribution in [0, 0.1) is 0 Å².